The molecule has 0 aliphatic rings. The lowest BCUT2D eigenvalue weighted by molar-refractivity contribution is -0.119. The van der Waals surface area contributed by atoms with Crippen LogP contribution in [0, 0.1) is 0 Å². The highest BCUT2D eigenvalue weighted by Crippen LogP contribution is 2.23. The van der Waals surface area contributed by atoms with Crippen LogP contribution < -0.4 is 5.32 Å². The second kappa shape index (κ2) is 9.65. The van der Waals surface area contributed by atoms with Gasteiger partial charge in [0.15, 0.2) is 12.4 Å². The number of rotatable bonds is 7. The van der Waals surface area contributed by atoms with Crippen LogP contribution in [0.15, 0.2) is 78.9 Å². The van der Waals surface area contributed by atoms with E-state index in [-0.39, 0.29) is 17.3 Å². The highest BCUT2D eigenvalue weighted by Gasteiger charge is 2.14. The predicted molar refractivity (Wildman–Crippen MR) is 116 cm³/mol. The van der Waals surface area contributed by atoms with Crippen LogP contribution in [0.25, 0.3) is 0 Å². The summed E-state index contributed by atoms with van der Waals surface area (Å²) in [5.41, 5.74) is 3.04. The second-order valence-corrected chi connectivity index (χ2v) is 7.14. The maximum absolute atomic E-state index is 12.4. The zero-order valence-electron chi connectivity index (χ0n) is 16.9. The summed E-state index contributed by atoms with van der Waals surface area (Å²) in [6.07, 6.45) is 0. The van der Waals surface area contributed by atoms with Crippen LogP contribution in [0.4, 0.5) is 5.69 Å². The molecule has 0 bridgehead atoms. The monoisotopic (exact) mass is 401 g/mol. The Bertz CT molecular complexity index is 1040. The maximum atomic E-state index is 12.4. The lowest BCUT2D eigenvalue weighted by Crippen LogP contribution is -2.21. The lowest BCUT2D eigenvalue weighted by Gasteiger charge is -2.13. The van der Waals surface area contributed by atoms with Crippen molar-refractivity contribution in [3.63, 3.8) is 0 Å². The van der Waals surface area contributed by atoms with Gasteiger partial charge in [0.2, 0.25) is 0 Å². The van der Waals surface area contributed by atoms with Gasteiger partial charge in [0.05, 0.1) is 5.56 Å². The largest absolute Gasteiger partial charge is 0.452 e. The summed E-state index contributed by atoms with van der Waals surface area (Å²) in [6.45, 7) is 3.68. The lowest BCUT2D eigenvalue weighted by atomic mass is 10.0. The van der Waals surface area contributed by atoms with E-state index in [0.717, 1.165) is 5.56 Å². The molecule has 0 saturated heterocycles. The first-order chi connectivity index (χ1) is 14.5. The van der Waals surface area contributed by atoms with Crippen molar-refractivity contribution in [3.05, 3.63) is 101 Å². The van der Waals surface area contributed by atoms with E-state index in [1.165, 1.54) is 12.1 Å². The molecule has 0 spiro atoms. The number of hydrogen-bond acceptors (Lipinski definition) is 4. The topological polar surface area (TPSA) is 72.5 Å². The van der Waals surface area contributed by atoms with Crippen molar-refractivity contribution < 1.29 is 19.1 Å². The Kier molecular flexibility index (Phi) is 6.75. The Morgan fingerprint density at radius 2 is 1.33 bits per heavy atom. The van der Waals surface area contributed by atoms with Gasteiger partial charge in [-0.2, -0.15) is 0 Å². The molecule has 5 nitrogen and oxygen atoms in total. The van der Waals surface area contributed by atoms with Gasteiger partial charge in [-0.05, 0) is 29.7 Å². The van der Waals surface area contributed by atoms with Crippen molar-refractivity contribution in [2.75, 3.05) is 11.9 Å². The normalized spacial score (nSPS) is 10.5. The molecule has 0 saturated carbocycles. The molecule has 1 amide bonds. The number of anilines is 1. The van der Waals surface area contributed by atoms with E-state index in [1.807, 2.05) is 44.2 Å². The molecule has 3 aromatic carbocycles. The fraction of sp³-hybridized carbons (Fsp3) is 0.160. The van der Waals surface area contributed by atoms with E-state index in [4.69, 9.17) is 4.74 Å². The van der Waals surface area contributed by atoms with Crippen LogP contribution in [-0.4, -0.2) is 24.3 Å². The smallest absolute Gasteiger partial charge is 0.338 e. The first kappa shape index (κ1) is 21.0. The van der Waals surface area contributed by atoms with Crippen molar-refractivity contribution in [2.24, 2.45) is 0 Å². The van der Waals surface area contributed by atoms with Gasteiger partial charge in [0, 0.05) is 16.8 Å². The van der Waals surface area contributed by atoms with Crippen molar-refractivity contribution in [3.8, 4) is 0 Å². The number of esters is 1. The Labute approximate surface area is 175 Å². The van der Waals surface area contributed by atoms with Crippen molar-refractivity contribution in [1.82, 2.24) is 0 Å². The van der Waals surface area contributed by atoms with Gasteiger partial charge in [-0.3, -0.25) is 9.59 Å². The minimum atomic E-state index is -0.624. The number of amides is 1. The number of nitrogens with one attached hydrogen (secondary N) is 1. The maximum Gasteiger partial charge on any atom is 0.338 e. The molecule has 0 unspecified atom stereocenters. The molecule has 5 heteroatoms. The van der Waals surface area contributed by atoms with Crippen LogP contribution in [0.3, 0.4) is 0 Å². The van der Waals surface area contributed by atoms with Crippen molar-refractivity contribution in [1.29, 1.82) is 0 Å². The van der Waals surface area contributed by atoms with Crippen LogP contribution >= 0.6 is 0 Å². The third kappa shape index (κ3) is 5.20. The number of carbonyl (C=O) groups is 3. The molecule has 0 aromatic heterocycles. The van der Waals surface area contributed by atoms with Gasteiger partial charge in [-0.15, -0.1) is 0 Å². The molecule has 1 N–H and O–H groups in total. The summed E-state index contributed by atoms with van der Waals surface area (Å²) in [4.78, 5) is 36.9. The molecule has 0 fully saturated rings. The van der Waals surface area contributed by atoms with E-state index in [1.54, 1.807) is 36.4 Å². The molecule has 0 atom stereocenters. The van der Waals surface area contributed by atoms with E-state index in [0.29, 0.717) is 16.8 Å². The predicted octanol–water partition coefficient (Wildman–Crippen LogP) is 4.84. The third-order valence-corrected chi connectivity index (χ3v) is 4.61. The van der Waals surface area contributed by atoms with Crippen molar-refractivity contribution in [2.45, 2.75) is 19.8 Å². The van der Waals surface area contributed by atoms with E-state index in [2.05, 4.69) is 5.32 Å². The van der Waals surface area contributed by atoms with E-state index >= 15 is 0 Å². The molecule has 30 heavy (non-hydrogen) atoms. The fourth-order valence-electron chi connectivity index (χ4n) is 3.03. The molecule has 0 radical (unpaired) electrons. The Morgan fingerprint density at radius 1 is 0.767 bits per heavy atom. The SMILES string of the molecule is CC(C)c1ccccc1NC(=O)COC(=O)c1ccc(C(=O)c2ccccc2)cc1. The van der Waals surface area contributed by atoms with E-state index < -0.39 is 18.5 Å². The van der Waals surface area contributed by atoms with Crippen LogP contribution in [0.2, 0.25) is 0 Å². The van der Waals surface area contributed by atoms with E-state index in [9.17, 15) is 14.4 Å². The quantitative estimate of drug-likeness (QED) is 0.454. The number of carbonyl (C=O) groups excluding carboxylic acids is 3. The minimum absolute atomic E-state index is 0.126. The number of ketones is 1. The highest BCUT2D eigenvalue weighted by molar-refractivity contribution is 6.09. The second-order valence-electron chi connectivity index (χ2n) is 7.14. The minimum Gasteiger partial charge on any atom is -0.452 e. The van der Waals surface area contributed by atoms with Crippen LogP contribution in [0.5, 0.6) is 0 Å². The molecule has 152 valence electrons. The molecule has 0 heterocycles. The zero-order chi connectivity index (χ0) is 21.5. The number of hydrogen-bond donors (Lipinski definition) is 1. The Hall–Kier alpha value is -3.73. The number of para-hydroxylation sites is 1. The van der Waals surface area contributed by atoms with Gasteiger partial charge in [-0.25, -0.2) is 4.79 Å². The van der Waals surface area contributed by atoms with Gasteiger partial charge in [-0.1, -0.05) is 74.5 Å². The first-order valence-corrected chi connectivity index (χ1v) is 9.71. The Balaban J connectivity index is 1.57. The summed E-state index contributed by atoms with van der Waals surface area (Å²) in [7, 11) is 0. The molecule has 0 aliphatic carbocycles. The summed E-state index contributed by atoms with van der Waals surface area (Å²) >= 11 is 0. The summed E-state index contributed by atoms with van der Waals surface area (Å²) in [5, 5.41) is 2.78. The van der Waals surface area contributed by atoms with Gasteiger partial charge < -0.3 is 10.1 Å². The summed E-state index contributed by atoms with van der Waals surface area (Å²) in [6, 6.07) is 22.6. The summed E-state index contributed by atoms with van der Waals surface area (Å²) in [5.74, 6) is -0.909. The third-order valence-electron chi connectivity index (χ3n) is 4.61. The van der Waals surface area contributed by atoms with Crippen molar-refractivity contribution >= 4 is 23.3 Å². The Morgan fingerprint density at radius 3 is 2.00 bits per heavy atom. The average Bonchev–Trinajstić information content (AvgIpc) is 2.78. The number of ether oxygens (including phenoxy) is 1. The molecular formula is C25H23NO4. The van der Waals surface area contributed by atoms with Crippen LogP contribution in [0.1, 0.15) is 51.6 Å². The molecule has 3 rings (SSSR count). The summed E-state index contributed by atoms with van der Waals surface area (Å²) < 4.78 is 5.11. The van der Waals surface area contributed by atoms with Gasteiger partial charge in [0.25, 0.3) is 5.91 Å². The van der Waals surface area contributed by atoms with Gasteiger partial charge >= 0.3 is 5.97 Å². The zero-order valence-corrected chi connectivity index (χ0v) is 16.9. The standard InChI is InChI=1S/C25H23NO4/c1-17(2)21-10-6-7-11-22(21)26-23(27)16-30-25(29)20-14-12-19(13-15-20)24(28)18-8-4-3-5-9-18/h3-15,17H,16H2,1-2H3,(H,26,27). The first-order valence-electron chi connectivity index (χ1n) is 9.71. The van der Waals surface area contributed by atoms with Crippen LogP contribution in [-0.2, 0) is 9.53 Å². The average molecular weight is 401 g/mol. The molecular weight excluding hydrogens is 378 g/mol. The molecule has 3 aromatic rings. The highest BCUT2D eigenvalue weighted by atomic mass is 16.5. The molecule has 0 aliphatic heterocycles. The number of benzene rings is 3. The fourth-order valence-corrected chi connectivity index (χ4v) is 3.03. The van der Waals surface area contributed by atoms with Gasteiger partial charge in [0.1, 0.15) is 0 Å².